The molecule has 1 saturated carbocycles. The third-order valence-corrected chi connectivity index (χ3v) is 4.84. The number of halogens is 1. The molecule has 1 aliphatic carbocycles. The van der Waals surface area contributed by atoms with Crippen LogP contribution in [0, 0.1) is 11.7 Å². The van der Waals surface area contributed by atoms with Crippen LogP contribution in [0.5, 0.6) is 0 Å². The van der Waals surface area contributed by atoms with Crippen LogP contribution in [0.1, 0.15) is 19.3 Å². The molecule has 0 saturated heterocycles. The van der Waals surface area contributed by atoms with E-state index in [1.54, 1.807) is 0 Å². The number of hydrogen-bond donors (Lipinski definition) is 2. The van der Waals surface area contributed by atoms with Crippen molar-refractivity contribution in [3.05, 3.63) is 30.1 Å². The zero-order valence-corrected chi connectivity index (χ0v) is 10.8. The standard InChI is InChI=1S/C12H17FN2O2S/c13-10-5-1-2-7-12(10)18(16,17)15-8-9-4-3-6-11(9)14/h1-2,5,7,9,11,15H,3-4,6,8,14H2. The molecule has 2 atom stereocenters. The Morgan fingerprint density at radius 2 is 2.06 bits per heavy atom. The van der Waals surface area contributed by atoms with Gasteiger partial charge in [-0.1, -0.05) is 18.6 Å². The summed E-state index contributed by atoms with van der Waals surface area (Å²) in [6.45, 7) is 0.276. The van der Waals surface area contributed by atoms with Crippen molar-refractivity contribution in [1.29, 1.82) is 0 Å². The van der Waals surface area contributed by atoms with Crippen molar-refractivity contribution in [2.45, 2.75) is 30.2 Å². The Balaban J connectivity index is 2.06. The van der Waals surface area contributed by atoms with Crippen LogP contribution >= 0.6 is 0 Å². The minimum atomic E-state index is -3.78. The normalized spacial score (nSPS) is 24.3. The maximum absolute atomic E-state index is 13.4. The molecule has 1 fully saturated rings. The molecule has 0 aliphatic heterocycles. The molecule has 0 heterocycles. The fourth-order valence-corrected chi connectivity index (χ4v) is 3.45. The maximum Gasteiger partial charge on any atom is 0.243 e. The first kappa shape index (κ1) is 13.5. The first-order valence-corrected chi connectivity index (χ1v) is 7.49. The highest BCUT2D eigenvalue weighted by atomic mass is 32.2. The van der Waals surface area contributed by atoms with Gasteiger partial charge in [-0.25, -0.2) is 17.5 Å². The van der Waals surface area contributed by atoms with Crippen molar-refractivity contribution in [2.24, 2.45) is 11.7 Å². The Bertz CT molecular complexity index is 519. The molecule has 100 valence electrons. The molecule has 18 heavy (non-hydrogen) atoms. The number of hydrogen-bond acceptors (Lipinski definition) is 3. The van der Waals surface area contributed by atoms with Crippen molar-refractivity contribution in [3.8, 4) is 0 Å². The number of nitrogens with one attached hydrogen (secondary N) is 1. The van der Waals surface area contributed by atoms with E-state index in [0.717, 1.165) is 25.3 Å². The number of sulfonamides is 1. The Morgan fingerprint density at radius 3 is 2.67 bits per heavy atom. The average Bonchev–Trinajstić information content (AvgIpc) is 2.73. The van der Waals surface area contributed by atoms with E-state index in [2.05, 4.69) is 4.72 Å². The Labute approximate surface area is 106 Å². The van der Waals surface area contributed by atoms with E-state index in [1.165, 1.54) is 18.2 Å². The molecular formula is C12H17FN2O2S. The second-order valence-corrected chi connectivity index (χ2v) is 6.37. The van der Waals surface area contributed by atoms with Crippen molar-refractivity contribution in [1.82, 2.24) is 4.72 Å². The molecule has 1 aliphatic rings. The summed E-state index contributed by atoms with van der Waals surface area (Å²) in [6.07, 6.45) is 2.86. The van der Waals surface area contributed by atoms with Gasteiger partial charge in [-0.15, -0.1) is 0 Å². The van der Waals surface area contributed by atoms with Gasteiger partial charge in [0.15, 0.2) is 0 Å². The summed E-state index contributed by atoms with van der Waals surface area (Å²) in [5, 5.41) is 0. The van der Waals surface area contributed by atoms with Gasteiger partial charge in [0.05, 0.1) is 0 Å². The average molecular weight is 272 g/mol. The summed E-state index contributed by atoms with van der Waals surface area (Å²) < 4.78 is 39.7. The van der Waals surface area contributed by atoms with Gasteiger partial charge in [-0.3, -0.25) is 0 Å². The van der Waals surface area contributed by atoms with Crippen LogP contribution in [0.15, 0.2) is 29.2 Å². The number of rotatable bonds is 4. The summed E-state index contributed by atoms with van der Waals surface area (Å²) in [6, 6.07) is 5.38. The van der Waals surface area contributed by atoms with E-state index in [1.807, 2.05) is 0 Å². The molecule has 1 aromatic carbocycles. The van der Waals surface area contributed by atoms with E-state index < -0.39 is 15.8 Å². The molecule has 0 spiro atoms. The Morgan fingerprint density at radius 1 is 1.33 bits per heavy atom. The van der Waals surface area contributed by atoms with E-state index in [0.29, 0.717) is 0 Å². The van der Waals surface area contributed by atoms with Gasteiger partial charge in [0.1, 0.15) is 10.7 Å². The lowest BCUT2D eigenvalue weighted by atomic mass is 10.1. The highest BCUT2D eigenvalue weighted by molar-refractivity contribution is 7.89. The van der Waals surface area contributed by atoms with E-state index in [9.17, 15) is 12.8 Å². The lowest BCUT2D eigenvalue weighted by Gasteiger charge is -2.16. The fraction of sp³-hybridized carbons (Fsp3) is 0.500. The third-order valence-electron chi connectivity index (χ3n) is 3.38. The van der Waals surface area contributed by atoms with E-state index in [4.69, 9.17) is 5.73 Å². The zero-order chi connectivity index (χ0) is 13.2. The van der Waals surface area contributed by atoms with Crippen molar-refractivity contribution < 1.29 is 12.8 Å². The van der Waals surface area contributed by atoms with Crippen LogP contribution in [0.3, 0.4) is 0 Å². The smallest absolute Gasteiger partial charge is 0.243 e. The molecule has 2 rings (SSSR count). The highest BCUT2D eigenvalue weighted by Crippen LogP contribution is 2.23. The SMILES string of the molecule is NC1CCCC1CNS(=O)(=O)c1ccccc1F. The molecule has 0 radical (unpaired) electrons. The summed E-state index contributed by atoms with van der Waals surface area (Å²) in [5.74, 6) is -0.590. The van der Waals surface area contributed by atoms with Crippen LogP contribution in [0.2, 0.25) is 0 Å². The van der Waals surface area contributed by atoms with Gasteiger partial charge in [-0.05, 0) is 30.9 Å². The van der Waals surface area contributed by atoms with Gasteiger partial charge >= 0.3 is 0 Å². The predicted molar refractivity (Wildman–Crippen MR) is 66.9 cm³/mol. The lowest BCUT2D eigenvalue weighted by molar-refractivity contribution is 0.468. The predicted octanol–water partition coefficient (Wildman–Crippen LogP) is 1.23. The van der Waals surface area contributed by atoms with E-state index in [-0.39, 0.29) is 23.4 Å². The van der Waals surface area contributed by atoms with Gasteiger partial charge in [0.2, 0.25) is 10.0 Å². The second-order valence-electron chi connectivity index (χ2n) is 4.64. The summed E-state index contributed by atoms with van der Waals surface area (Å²) in [5.41, 5.74) is 5.87. The highest BCUT2D eigenvalue weighted by Gasteiger charge is 2.26. The monoisotopic (exact) mass is 272 g/mol. The van der Waals surface area contributed by atoms with Crippen LogP contribution in [0.25, 0.3) is 0 Å². The van der Waals surface area contributed by atoms with Gasteiger partial charge in [0.25, 0.3) is 0 Å². The van der Waals surface area contributed by atoms with Gasteiger partial charge < -0.3 is 5.73 Å². The summed E-state index contributed by atoms with van der Waals surface area (Å²) in [7, 11) is -3.78. The minimum Gasteiger partial charge on any atom is -0.327 e. The zero-order valence-electron chi connectivity index (χ0n) is 9.97. The van der Waals surface area contributed by atoms with Gasteiger partial charge in [-0.2, -0.15) is 0 Å². The largest absolute Gasteiger partial charge is 0.327 e. The van der Waals surface area contributed by atoms with Crippen molar-refractivity contribution in [3.63, 3.8) is 0 Å². The topological polar surface area (TPSA) is 72.2 Å². The quantitative estimate of drug-likeness (QED) is 0.866. The van der Waals surface area contributed by atoms with E-state index >= 15 is 0 Å². The second kappa shape index (κ2) is 5.34. The van der Waals surface area contributed by atoms with Crippen LogP contribution < -0.4 is 10.5 Å². The van der Waals surface area contributed by atoms with Gasteiger partial charge in [0, 0.05) is 12.6 Å². The molecule has 1 aromatic rings. The number of nitrogens with two attached hydrogens (primary N) is 1. The molecular weight excluding hydrogens is 255 g/mol. The third kappa shape index (κ3) is 2.88. The Kier molecular flexibility index (Phi) is 3.99. The Hall–Kier alpha value is -0.980. The maximum atomic E-state index is 13.4. The number of benzene rings is 1. The molecule has 0 aromatic heterocycles. The van der Waals surface area contributed by atoms with Crippen molar-refractivity contribution in [2.75, 3.05) is 6.54 Å². The molecule has 6 heteroatoms. The summed E-state index contributed by atoms with van der Waals surface area (Å²) >= 11 is 0. The molecule has 4 nitrogen and oxygen atoms in total. The molecule has 2 unspecified atom stereocenters. The van der Waals surface area contributed by atoms with Crippen molar-refractivity contribution >= 4 is 10.0 Å². The lowest BCUT2D eigenvalue weighted by Crippen LogP contribution is -2.36. The molecule has 3 N–H and O–H groups in total. The first-order valence-electron chi connectivity index (χ1n) is 6.00. The first-order chi connectivity index (χ1) is 8.50. The molecule has 0 amide bonds. The fourth-order valence-electron chi connectivity index (χ4n) is 2.28. The minimum absolute atomic E-state index is 0.0355. The van der Waals surface area contributed by atoms with Crippen LogP contribution in [-0.4, -0.2) is 21.0 Å². The summed E-state index contributed by atoms with van der Waals surface area (Å²) in [4.78, 5) is -0.309. The van der Waals surface area contributed by atoms with Crippen LogP contribution in [0.4, 0.5) is 4.39 Å². The van der Waals surface area contributed by atoms with Crippen LogP contribution in [-0.2, 0) is 10.0 Å². The molecule has 0 bridgehead atoms.